The van der Waals surface area contributed by atoms with E-state index in [1.165, 1.54) is 12.1 Å². The van der Waals surface area contributed by atoms with Gasteiger partial charge >= 0.3 is 5.97 Å². The van der Waals surface area contributed by atoms with Crippen molar-refractivity contribution in [2.24, 2.45) is 11.8 Å². The Bertz CT molecular complexity index is 609. The van der Waals surface area contributed by atoms with Crippen LogP contribution in [0.3, 0.4) is 0 Å². The maximum absolute atomic E-state index is 13.1. The number of carbonyl (C=O) groups excluding carboxylic acids is 1. The number of nitrogens with one attached hydrogen (secondary N) is 1. The van der Waals surface area contributed by atoms with E-state index in [4.69, 9.17) is 16.3 Å². The first-order valence-electron chi connectivity index (χ1n) is 6.61. The molecule has 2 saturated heterocycles. The SMILES string of the molecule is O=C(O)[C@@H]1[C@@H](C(=O)Nc2ccc(F)c(Cl)c2)[C@@H]2CC[C@@H]1O2. The van der Waals surface area contributed by atoms with E-state index in [1.54, 1.807) is 0 Å². The van der Waals surface area contributed by atoms with Gasteiger partial charge in [0.2, 0.25) is 5.91 Å². The van der Waals surface area contributed by atoms with Crippen LogP contribution in [0, 0.1) is 17.7 Å². The summed E-state index contributed by atoms with van der Waals surface area (Å²) in [4.78, 5) is 23.7. The number of anilines is 1. The number of amides is 1. The van der Waals surface area contributed by atoms with E-state index in [1.807, 2.05) is 0 Å². The summed E-state index contributed by atoms with van der Waals surface area (Å²) in [7, 11) is 0. The third-order valence-corrected chi connectivity index (χ3v) is 4.34. The number of carboxylic acids is 1. The third-order valence-electron chi connectivity index (χ3n) is 4.05. The van der Waals surface area contributed by atoms with E-state index in [9.17, 15) is 19.1 Å². The number of hydrogen-bond acceptors (Lipinski definition) is 3. The molecule has 0 aliphatic carbocycles. The van der Waals surface area contributed by atoms with Crippen molar-refractivity contribution in [2.45, 2.75) is 25.0 Å². The van der Waals surface area contributed by atoms with Gasteiger partial charge in [-0.25, -0.2) is 4.39 Å². The molecule has 2 N–H and O–H groups in total. The molecule has 1 aromatic rings. The van der Waals surface area contributed by atoms with E-state index in [0.717, 1.165) is 6.07 Å². The molecule has 2 aliphatic heterocycles. The molecule has 1 amide bonds. The maximum Gasteiger partial charge on any atom is 0.310 e. The summed E-state index contributed by atoms with van der Waals surface area (Å²) in [5.74, 6) is -3.61. The fourth-order valence-corrected chi connectivity index (χ4v) is 3.30. The molecule has 5 nitrogen and oxygen atoms in total. The Balaban J connectivity index is 1.78. The summed E-state index contributed by atoms with van der Waals surface area (Å²) in [6.45, 7) is 0. The topological polar surface area (TPSA) is 75.6 Å². The van der Waals surface area contributed by atoms with Gasteiger partial charge in [-0.05, 0) is 31.0 Å². The van der Waals surface area contributed by atoms with Gasteiger partial charge in [0.15, 0.2) is 0 Å². The second-order valence-corrected chi connectivity index (χ2v) is 5.71. The quantitative estimate of drug-likeness (QED) is 0.898. The Morgan fingerprint density at radius 3 is 2.57 bits per heavy atom. The minimum atomic E-state index is -1.03. The van der Waals surface area contributed by atoms with E-state index in [2.05, 4.69) is 5.32 Å². The second-order valence-electron chi connectivity index (χ2n) is 5.30. The van der Waals surface area contributed by atoms with Gasteiger partial charge in [-0.3, -0.25) is 9.59 Å². The zero-order valence-corrected chi connectivity index (χ0v) is 11.6. The smallest absolute Gasteiger partial charge is 0.310 e. The van der Waals surface area contributed by atoms with E-state index < -0.39 is 35.6 Å². The summed E-state index contributed by atoms with van der Waals surface area (Å²) in [5, 5.41) is 11.8. The Kier molecular flexibility index (Phi) is 3.59. The number of rotatable bonds is 3. The molecule has 4 atom stereocenters. The number of fused-ring (bicyclic) bond motifs is 2. The summed E-state index contributed by atoms with van der Waals surface area (Å²) >= 11 is 5.65. The fourth-order valence-electron chi connectivity index (χ4n) is 3.12. The maximum atomic E-state index is 13.1. The lowest BCUT2D eigenvalue weighted by Gasteiger charge is -2.23. The zero-order valence-electron chi connectivity index (χ0n) is 10.9. The average molecular weight is 314 g/mol. The molecule has 112 valence electrons. The van der Waals surface area contributed by atoms with E-state index in [0.29, 0.717) is 18.5 Å². The number of aliphatic carboxylic acids is 1. The Morgan fingerprint density at radius 2 is 1.95 bits per heavy atom. The molecule has 21 heavy (non-hydrogen) atoms. The predicted octanol–water partition coefficient (Wildman–Crippen LogP) is 2.30. The zero-order chi connectivity index (χ0) is 15.1. The van der Waals surface area contributed by atoms with Crippen molar-refractivity contribution in [1.82, 2.24) is 0 Å². The molecule has 2 bridgehead atoms. The van der Waals surface area contributed by atoms with Gasteiger partial charge in [0.1, 0.15) is 5.82 Å². The number of hydrogen-bond donors (Lipinski definition) is 2. The normalized spacial score (nSPS) is 30.4. The van der Waals surface area contributed by atoms with Crippen LogP contribution in [-0.4, -0.2) is 29.2 Å². The van der Waals surface area contributed by atoms with Crippen molar-refractivity contribution in [3.8, 4) is 0 Å². The largest absolute Gasteiger partial charge is 0.481 e. The van der Waals surface area contributed by atoms with E-state index in [-0.39, 0.29) is 11.1 Å². The Morgan fingerprint density at radius 1 is 1.29 bits per heavy atom. The Hall–Kier alpha value is -1.66. The van der Waals surface area contributed by atoms with Crippen LogP contribution in [0.15, 0.2) is 18.2 Å². The average Bonchev–Trinajstić information content (AvgIpc) is 3.03. The van der Waals surface area contributed by atoms with Gasteiger partial charge in [0.25, 0.3) is 0 Å². The molecule has 0 aromatic heterocycles. The highest BCUT2D eigenvalue weighted by atomic mass is 35.5. The molecule has 2 aliphatic rings. The van der Waals surface area contributed by atoms with Gasteiger partial charge < -0.3 is 15.2 Å². The van der Waals surface area contributed by atoms with Gasteiger partial charge in [-0.2, -0.15) is 0 Å². The van der Waals surface area contributed by atoms with Crippen molar-refractivity contribution >= 4 is 29.2 Å². The lowest BCUT2D eigenvalue weighted by atomic mass is 9.78. The molecule has 1 aromatic carbocycles. The third kappa shape index (κ3) is 2.49. The van der Waals surface area contributed by atoms with Gasteiger partial charge in [0, 0.05) is 5.69 Å². The molecule has 0 spiro atoms. The molecule has 0 unspecified atom stereocenters. The van der Waals surface area contributed by atoms with Gasteiger partial charge in [-0.15, -0.1) is 0 Å². The minimum absolute atomic E-state index is 0.105. The lowest BCUT2D eigenvalue weighted by molar-refractivity contribution is -0.147. The van der Waals surface area contributed by atoms with Crippen LogP contribution in [0.1, 0.15) is 12.8 Å². The molecule has 3 rings (SSSR count). The first-order chi connectivity index (χ1) is 9.97. The predicted molar refractivity (Wildman–Crippen MR) is 72.6 cm³/mol. The van der Waals surface area contributed by atoms with Crippen molar-refractivity contribution in [1.29, 1.82) is 0 Å². The molecule has 2 fully saturated rings. The van der Waals surface area contributed by atoms with Crippen molar-refractivity contribution < 1.29 is 23.8 Å². The summed E-state index contributed by atoms with van der Waals surface area (Å²) in [5.41, 5.74) is 0.332. The molecule has 2 heterocycles. The number of carboxylic acid groups (broad SMARTS) is 1. The van der Waals surface area contributed by atoms with Crippen LogP contribution in [0.2, 0.25) is 5.02 Å². The molecular weight excluding hydrogens is 301 g/mol. The Labute approximate surface area is 125 Å². The van der Waals surface area contributed by atoms with Crippen LogP contribution in [0.4, 0.5) is 10.1 Å². The van der Waals surface area contributed by atoms with Crippen LogP contribution < -0.4 is 5.32 Å². The van der Waals surface area contributed by atoms with Crippen LogP contribution in [0.25, 0.3) is 0 Å². The number of halogens is 2. The minimum Gasteiger partial charge on any atom is -0.481 e. The fraction of sp³-hybridized carbons (Fsp3) is 0.429. The first kappa shape index (κ1) is 14.3. The monoisotopic (exact) mass is 313 g/mol. The van der Waals surface area contributed by atoms with Crippen molar-refractivity contribution in [3.05, 3.63) is 29.0 Å². The number of benzene rings is 1. The van der Waals surface area contributed by atoms with Crippen LogP contribution >= 0.6 is 11.6 Å². The second kappa shape index (κ2) is 5.27. The highest BCUT2D eigenvalue weighted by molar-refractivity contribution is 6.31. The first-order valence-corrected chi connectivity index (χ1v) is 6.99. The van der Waals surface area contributed by atoms with Crippen molar-refractivity contribution in [3.63, 3.8) is 0 Å². The summed E-state index contributed by atoms with van der Waals surface area (Å²) < 4.78 is 18.6. The van der Waals surface area contributed by atoms with Gasteiger partial charge in [-0.1, -0.05) is 11.6 Å². The van der Waals surface area contributed by atoms with E-state index >= 15 is 0 Å². The summed E-state index contributed by atoms with van der Waals surface area (Å²) in [6.07, 6.45) is 0.567. The summed E-state index contributed by atoms with van der Waals surface area (Å²) in [6, 6.07) is 3.81. The molecular formula is C14H13ClFNO4. The number of ether oxygens (including phenoxy) is 1. The molecule has 0 saturated carbocycles. The van der Waals surface area contributed by atoms with Crippen LogP contribution in [-0.2, 0) is 14.3 Å². The van der Waals surface area contributed by atoms with Crippen molar-refractivity contribution in [2.75, 3.05) is 5.32 Å². The highest BCUT2D eigenvalue weighted by Crippen LogP contribution is 2.44. The molecule has 0 radical (unpaired) electrons. The molecule has 7 heteroatoms. The lowest BCUT2D eigenvalue weighted by Crippen LogP contribution is -2.40. The highest BCUT2D eigenvalue weighted by Gasteiger charge is 2.55. The standard InChI is InChI=1S/C14H13ClFNO4/c15-7-5-6(1-2-8(7)16)17-13(18)11-9-3-4-10(21-9)12(11)14(19)20/h1-2,5,9-12H,3-4H2,(H,17,18)(H,19,20)/t9-,10-,11-,12-/m0/s1. The van der Waals surface area contributed by atoms with Gasteiger partial charge in [0.05, 0.1) is 29.1 Å². The van der Waals surface area contributed by atoms with Crippen LogP contribution in [0.5, 0.6) is 0 Å². The number of carbonyl (C=O) groups is 2.